The number of nitrogens with zero attached hydrogens (tertiary/aromatic N) is 3. The molecule has 0 radical (unpaired) electrons. The first-order valence-electron chi connectivity index (χ1n) is 9.89. The van der Waals surface area contributed by atoms with Crippen LogP contribution >= 0.6 is 0 Å². The molecule has 2 aromatic carbocycles. The van der Waals surface area contributed by atoms with Gasteiger partial charge in [-0.2, -0.15) is 0 Å². The fourth-order valence-electron chi connectivity index (χ4n) is 3.44. The number of carbonyl (C=O) groups excluding carboxylic acids is 1. The summed E-state index contributed by atoms with van der Waals surface area (Å²) in [6, 6.07) is 16.1. The number of para-hydroxylation sites is 2. The molecule has 1 saturated heterocycles. The van der Waals surface area contributed by atoms with Crippen LogP contribution in [0.5, 0.6) is 5.75 Å². The van der Waals surface area contributed by atoms with Crippen LogP contribution < -0.4 is 14.6 Å². The second-order valence-corrected chi connectivity index (χ2v) is 6.69. The minimum absolute atomic E-state index is 0.329. The molecule has 0 unspecified atom stereocenters. The summed E-state index contributed by atoms with van der Waals surface area (Å²) in [6.07, 6.45) is -0.376. The SMILES string of the molecule is CCOC(=O)N(c1ccccc1OCC)N1CCN(c2cccc(C)c2)CC1. The van der Waals surface area contributed by atoms with Crippen molar-refractivity contribution in [2.75, 3.05) is 49.3 Å². The van der Waals surface area contributed by atoms with Crippen molar-refractivity contribution in [2.45, 2.75) is 20.8 Å². The largest absolute Gasteiger partial charge is 0.492 e. The van der Waals surface area contributed by atoms with Crippen LogP contribution in [0, 0.1) is 6.92 Å². The van der Waals surface area contributed by atoms with E-state index in [-0.39, 0.29) is 6.09 Å². The molecule has 150 valence electrons. The van der Waals surface area contributed by atoms with E-state index >= 15 is 0 Å². The summed E-state index contributed by atoms with van der Waals surface area (Å²) >= 11 is 0. The number of hydrogen-bond donors (Lipinski definition) is 0. The molecule has 1 heterocycles. The molecule has 0 spiro atoms. The first kappa shape index (κ1) is 20.0. The number of piperazine rings is 1. The molecule has 6 nitrogen and oxygen atoms in total. The average Bonchev–Trinajstić information content (AvgIpc) is 2.70. The summed E-state index contributed by atoms with van der Waals surface area (Å²) in [5, 5.41) is 3.67. The standard InChI is InChI=1S/C22H29N3O3/c1-4-27-21-12-7-6-11-20(21)25(22(26)28-5-2)24-15-13-23(14-16-24)19-10-8-9-18(3)17-19/h6-12,17H,4-5,13-16H2,1-3H3. The molecule has 0 saturated carbocycles. The maximum Gasteiger partial charge on any atom is 0.429 e. The topological polar surface area (TPSA) is 45.2 Å². The third kappa shape index (κ3) is 4.57. The molecule has 1 aliphatic heterocycles. The van der Waals surface area contributed by atoms with E-state index in [2.05, 4.69) is 36.1 Å². The second-order valence-electron chi connectivity index (χ2n) is 6.69. The van der Waals surface area contributed by atoms with Crippen molar-refractivity contribution in [3.63, 3.8) is 0 Å². The first-order chi connectivity index (χ1) is 13.6. The van der Waals surface area contributed by atoms with Crippen LogP contribution in [-0.4, -0.2) is 50.5 Å². The lowest BCUT2D eigenvalue weighted by Gasteiger charge is -2.41. The van der Waals surface area contributed by atoms with Gasteiger partial charge in [-0.25, -0.2) is 14.8 Å². The van der Waals surface area contributed by atoms with Gasteiger partial charge in [0, 0.05) is 31.9 Å². The van der Waals surface area contributed by atoms with Crippen LogP contribution in [0.25, 0.3) is 0 Å². The van der Waals surface area contributed by atoms with Crippen LogP contribution in [-0.2, 0) is 4.74 Å². The molecule has 2 aromatic rings. The normalized spacial score (nSPS) is 14.6. The van der Waals surface area contributed by atoms with Gasteiger partial charge in [0.25, 0.3) is 0 Å². The fourth-order valence-corrected chi connectivity index (χ4v) is 3.44. The molecule has 0 bridgehead atoms. The first-order valence-corrected chi connectivity index (χ1v) is 9.89. The highest BCUT2D eigenvalue weighted by atomic mass is 16.6. The van der Waals surface area contributed by atoms with Crippen LogP contribution in [0.15, 0.2) is 48.5 Å². The van der Waals surface area contributed by atoms with E-state index in [4.69, 9.17) is 9.47 Å². The number of amides is 1. The number of ether oxygens (including phenoxy) is 2. The fraction of sp³-hybridized carbons (Fsp3) is 0.409. The molecular formula is C22H29N3O3. The Kier molecular flexibility index (Phi) is 6.76. The molecule has 0 aromatic heterocycles. The summed E-state index contributed by atoms with van der Waals surface area (Å²) in [5.41, 5.74) is 3.18. The highest BCUT2D eigenvalue weighted by Crippen LogP contribution is 2.31. The minimum Gasteiger partial charge on any atom is -0.492 e. The average molecular weight is 383 g/mol. The van der Waals surface area contributed by atoms with E-state index < -0.39 is 0 Å². The van der Waals surface area contributed by atoms with Gasteiger partial charge in [-0.15, -0.1) is 0 Å². The van der Waals surface area contributed by atoms with Crippen LogP contribution in [0.3, 0.4) is 0 Å². The Balaban J connectivity index is 1.80. The van der Waals surface area contributed by atoms with Crippen LogP contribution in [0.4, 0.5) is 16.2 Å². The molecule has 0 atom stereocenters. The molecule has 1 aliphatic rings. The summed E-state index contributed by atoms with van der Waals surface area (Å²) in [7, 11) is 0. The van der Waals surface area contributed by atoms with Gasteiger partial charge in [0.1, 0.15) is 11.4 Å². The molecule has 28 heavy (non-hydrogen) atoms. The Morgan fingerprint density at radius 3 is 2.43 bits per heavy atom. The summed E-state index contributed by atoms with van der Waals surface area (Å²) in [6.45, 7) is 9.82. The molecule has 1 fully saturated rings. The molecule has 6 heteroatoms. The van der Waals surface area contributed by atoms with E-state index in [1.54, 1.807) is 5.01 Å². The van der Waals surface area contributed by atoms with Crippen molar-refractivity contribution in [1.82, 2.24) is 5.01 Å². The zero-order chi connectivity index (χ0) is 19.9. The van der Waals surface area contributed by atoms with Crippen molar-refractivity contribution in [3.8, 4) is 5.75 Å². The van der Waals surface area contributed by atoms with E-state index in [0.29, 0.717) is 37.7 Å². The molecular weight excluding hydrogens is 354 g/mol. The molecule has 3 rings (SSSR count). The number of carbonyl (C=O) groups is 1. The predicted octanol–water partition coefficient (Wildman–Crippen LogP) is 4.09. The molecule has 1 amide bonds. The maximum absolute atomic E-state index is 12.8. The van der Waals surface area contributed by atoms with Gasteiger partial charge in [0.15, 0.2) is 0 Å². The van der Waals surface area contributed by atoms with Gasteiger partial charge >= 0.3 is 6.09 Å². The van der Waals surface area contributed by atoms with Crippen molar-refractivity contribution < 1.29 is 14.3 Å². The summed E-state index contributed by atoms with van der Waals surface area (Å²) in [4.78, 5) is 15.1. The number of aryl methyl sites for hydroxylation is 1. The Morgan fingerprint density at radius 2 is 1.75 bits per heavy atom. The minimum atomic E-state index is -0.376. The number of anilines is 2. The van der Waals surface area contributed by atoms with E-state index in [1.807, 2.05) is 43.1 Å². The maximum atomic E-state index is 12.8. The van der Waals surface area contributed by atoms with Crippen LogP contribution in [0.2, 0.25) is 0 Å². The number of rotatable bonds is 6. The highest BCUT2D eigenvalue weighted by Gasteiger charge is 2.30. The highest BCUT2D eigenvalue weighted by molar-refractivity contribution is 5.88. The monoisotopic (exact) mass is 383 g/mol. The Hall–Kier alpha value is -2.73. The van der Waals surface area contributed by atoms with Crippen LogP contribution in [0.1, 0.15) is 19.4 Å². The molecule has 0 aliphatic carbocycles. The summed E-state index contributed by atoms with van der Waals surface area (Å²) in [5.74, 6) is 0.680. The lowest BCUT2D eigenvalue weighted by Crippen LogP contribution is -2.56. The van der Waals surface area contributed by atoms with Gasteiger partial charge in [0.2, 0.25) is 0 Å². The third-order valence-corrected chi connectivity index (χ3v) is 4.74. The van der Waals surface area contributed by atoms with Gasteiger partial charge in [-0.3, -0.25) is 0 Å². The second kappa shape index (κ2) is 9.46. The van der Waals surface area contributed by atoms with Gasteiger partial charge < -0.3 is 14.4 Å². The van der Waals surface area contributed by atoms with Crippen molar-refractivity contribution in [1.29, 1.82) is 0 Å². The third-order valence-electron chi connectivity index (χ3n) is 4.74. The van der Waals surface area contributed by atoms with Gasteiger partial charge in [-0.05, 0) is 50.6 Å². The van der Waals surface area contributed by atoms with Gasteiger partial charge in [0.05, 0.1) is 13.2 Å². The lowest BCUT2D eigenvalue weighted by atomic mass is 10.2. The summed E-state index contributed by atoms with van der Waals surface area (Å²) < 4.78 is 11.1. The van der Waals surface area contributed by atoms with E-state index in [9.17, 15) is 4.79 Å². The number of hydrogen-bond acceptors (Lipinski definition) is 5. The van der Waals surface area contributed by atoms with E-state index in [1.165, 1.54) is 11.3 Å². The van der Waals surface area contributed by atoms with Crippen molar-refractivity contribution in [2.24, 2.45) is 0 Å². The number of benzene rings is 2. The Bertz CT molecular complexity index is 788. The smallest absolute Gasteiger partial charge is 0.429 e. The molecule has 0 N–H and O–H groups in total. The lowest BCUT2D eigenvalue weighted by molar-refractivity contribution is 0.130. The Labute approximate surface area is 167 Å². The zero-order valence-corrected chi connectivity index (χ0v) is 16.9. The zero-order valence-electron chi connectivity index (χ0n) is 16.9. The van der Waals surface area contributed by atoms with Crippen molar-refractivity contribution >= 4 is 17.5 Å². The van der Waals surface area contributed by atoms with Crippen molar-refractivity contribution in [3.05, 3.63) is 54.1 Å². The van der Waals surface area contributed by atoms with Gasteiger partial charge in [-0.1, -0.05) is 24.3 Å². The quantitative estimate of drug-likeness (QED) is 0.752. The predicted molar refractivity (Wildman–Crippen MR) is 112 cm³/mol. The van der Waals surface area contributed by atoms with E-state index in [0.717, 1.165) is 13.1 Å². The Morgan fingerprint density at radius 1 is 1.00 bits per heavy atom. The number of hydrazine groups is 1.